The van der Waals surface area contributed by atoms with Crippen LogP contribution < -0.4 is 0 Å². The molecule has 3 rings (SSSR count). The van der Waals surface area contributed by atoms with E-state index >= 15 is 0 Å². The van der Waals surface area contributed by atoms with Gasteiger partial charge in [0.2, 0.25) is 5.91 Å². The molecule has 0 aliphatic carbocycles. The molecule has 2 aliphatic rings. The number of rotatable bonds is 3. The summed E-state index contributed by atoms with van der Waals surface area (Å²) in [5, 5.41) is 6.18. The summed E-state index contributed by atoms with van der Waals surface area (Å²) in [6, 6.07) is 6.36. The van der Waals surface area contributed by atoms with E-state index in [4.69, 9.17) is 0 Å². The first-order chi connectivity index (χ1) is 11.9. The van der Waals surface area contributed by atoms with Gasteiger partial charge in [-0.05, 0) is 61.9 Å². The van der Waals surface area contributed by atoms with Crippen molar-refractivity contribution in [1.82, 2.24) is 9.91 Å². The van der Waals surface area contributed by atoms with E-state index in [2.05, 4.69) is 23.8 Å². The predicted octanol–water partition coefficient (Wildman–Crippen LogP) is 4.01. The second-order valence-electron chi connectivity index (χ2n) is 7.98. The normalized spacial score (nSPS) is 22.3. The smallest absolute Gasteiger partial charge is 0.244 e. The first-order valence-corrected chi connectivity index (χ1v) is 9.29. The number of nitrogens with zero attached hydrogens (tertiary/aromatic N) is 3. The Bertz CT molecular complexity index is 627. The zero-order valence-corrected chi connectivity index (χ0v) is 15.3. The lowest BCUT2D eigenvalue weighted by molar-refractivity contribution is -0.134. The number of likely N-dealkylation sites (tertiary alicyclic amines) is 1. The Morgan fingerprint density at radius 2 is 1.72 bits per heavy atom. The number of hydrogen-bond acceptors (Lipinski definition) is 3. The molecule has 1 aromatic rings. The highest BCUT2D eigenvalue weighted by atomic mass is 19.1. The second-order valence-corrected chi connectivity index (χ2v) is 7.98. The zero-order valence-electron chi connectivity index (χ0n) is 15.3. The third kappa shape index (κ3) is 4.88. The van der Waals surface area contributed by atoms with Crippen LogP contribution in [0.4, 0.5) is 4.39 Å². The molecule has 1 amide bonds. The number of benzene rings is 1. The third-order valence-electron chi connectivity index (χ3n) is 5.27. The number of hydrogen-bond donors (Lipinski definition) is 0. The van der Waals surface area contributed by atoms with Gasteiger partial charge in [-0.15, -0.1) is 0 Å². The Hall–Kier alpha value is -1.75. The topological polar surface area (TPSA) is 35.9 Å². The summed E-state index contributed by atoms with van der Waals surface area (Å²) in [7, 11) is 0. The molecule has 1 aromatic carbocycles. The van der Waals surface area contributed by atoms with Gasteiger partial charge >= 0.3 is 0 Å². The van der Waals surface area contributed by atoms with E-state index in [0.29, 0.717) is 24.9 Å². The first kappa shape index (κ1) is 18.1. The summed E-state index contributed by atoms with van der Waals surface area (Å²) in [4.78, 5) is 14.6. The molecule has 0 spiro atoms. The SMILES string of the molecule is CC1(C)CCCN(CN2N=C(c3ccc(F)cc3)CCC2=O)CCC1. The molecule has 0 unspecified atom stereocenters. The van der Waals surface area contributed by atoms with Gasteiger partial charge in [0.15, 0.2) is 0 Å². The van der Waals surface area contributed by atoms with Gasteiger partial charge in [0.25, 0.3) is 0 Å². The Morgan fingerprint density at radius 3 is 2.36 bits per heavy atom. The molecule has 0 aromatic heterocycles. The van der Waals surface area contributed by atoms with Crippen molar-refractivity contribution in [1.29, 1.82) is 0 Å². The summed E-state index contributed by atoms with van der Waals surface area (Å²) in [5.41, 5.74) is 2.20. The number of carbonyl (C=O) groups excluding carboxylic acids is 1. The van der Waals surface area contributed by atoms with Crippen LogP contribution in [-0.4, -0.2) is 41.3 Å². The lowest BCUT2D eigenvalue weighted by Crippen LogP contribution is -2.42. The molecule has 2 heterocycles. The van der Waals surface area contributed by atoms with Gasteiger partial charge in [-0.25, -0.2) is 9.40 Å². The van der Waals surface area contributed by atoms with E-state index in [9.17, 15) is 9.18 Å². The maximum absolute atomic E-state index is 13.1. The van der Waals surface area contributed by atoms with Gasteiger partial charge in [-0.1, -0.05) is 26.0 Å². The summed E-state index contributed by atoms with van der Waals surface area (Å²) in [6.45, 7) is 7.26. The number of amides is 1. The van der Waals surface area contributed by atoms with Crippen molar-refractivity contribution < 1.29 is 9.18 Å². The molecule has 0 atom stereocenters. The van der Waals surface area contributed by atoms with Crippen LogP contribution in [-0.2, 0) is 4.79 Å². The summed E-state index contributed by atoms with van der Waals surface area (Å²) in [6.07, 6.45) is 5.85. The van der Waals surface area contributed by atoms with Crippen molar-refractivity contribution in [2.75, 3.05) is 19.8 Å². The van der Waals surface area contributed by atoms with Crippen molar-refractivity contribution >= 4 is 11.6 Å². The maximum Gasteiger partial charge on any atom is 0.244 e. The minimum absolute atomic E-state index is 0.0771. The number of hydrazone groups is 1. The standard InChI is InChI=1S/C20H28FN3O/c1-20(2)11-3-13-23(14-4-12-20)15-24-19(25)10-9-18(22-24)16-5-7-17(21)8-6-16/h5-8H,3-4,9-15H2,1-2H3. The quantitative estimate of drug-likeness (QED) is 0.830. The maximum atomic E-state index is 13.1. The highest BCUT2D eigenvalue weighted by molar-refractivity contribution is 6.04. The fraction of sp³-hybridized carbons (Fsp3) is 0.600. The predicted molar refractivity (Wildman–Crippen MR) is 97.7 cm³/mol. The van der Waals surface area contributed by atoms with Gasteiger partial charge in [0.05, 0.1) is 12.4 Å². The highest BCUT2D eigenvalue weighted by Crippen LogP contribution is 2.30. The Balaban J connectivity index is 1.66. The summed E-state index contributed by atoms with van der Waals surface area (Å²) < 4.78 is 13.1. The van der Waals surface area contributed by atoms with Gasteiger partial charge in [-0.3, -0.25) is 9.69 Å². The molecular weight excluding hydrogens is 317 g/mol. The minimum atomic E-state index is -0.253. The molecule has 2 aliphatic heterocycles. The van der Waals surface area contributed by atoms with E-state index < -0.39 is 0 Å². The van der Waals surface area contributed by atoms with E-state index in [1.165, 1.54) is 25.0 Å². The van der Waals surface area contributed by atoms with Crippen molar-refractivity contribution in [2.24, 2.45) is 10.5 Å². The van der Waals surface area contributed by atoms with E-state index in [1.54, 1.807) is 17.1 Å². The second kappa shape index (κ2) is 7.65. The lowest BCUT2D eigenvalue weighted by atomic mass is 9.82. The van der Waals surface area contributed by atoms with Gasteiger partial charge in [-0.2, -0.15) is 5.10 Å². The molecule has 0 saturated carbocycles. The summed E-state index contributed by atoms with van der Waals surface area (Å²) >= 11 is 0. The van der Waals surface area contributed by atoms with Crippen molar-refractivity contribution in [3.8, 4) is 0 Å². The van der Waals surface area contributed by atoms with Crippen LogP contribution in [0.15, 0.2) is 29.4 Å². The Kier molecular flexibility index (Phi) is 5.52. The van der Waals surface area contributed by atoms with Gasteiger partial charge in [0, 0.05) is 12.8 Å². The fourth-order valence-corrected chi connectivity index (χ4v) is 3.69. The average Bonchev–Trinajstić information content (AvgIpc) is 2.55. The zero-order chi connectivity index (χ0) is 17.9. The minimum Gasteiger partial charge on any atom is -0.284 e. The van der Waals surface area contributed by atoms with E-state index in [0.717, 1.165) is 37.2 Å². The molecule has 1 saturated heterocycles. The molecule has 0 N–H and O–H groups in total. The summed E-state index contributed by atoms with van der Waals surface area (Å²) in [5.74, 6) is -0.176. The van der Waals surface area contributed by atoms with E-state index in [-0.39, 0.29) is 11.7 Å². The highest BCUT2D eigenvalue weighted by Gasteiger charge is 2.25. The van der Waals surface area contributed by atoms with Crippen LogP contribution in [0, 0.1) is 11.2 Å². The monoisotopic (exact) mass is 345 g/mol. The molecule has 136 valence electrons. The fourth-order valence-electron chi connectivity index (χ4n) is 3.69. The van der Waals surface area contributed by atoms with Crippen LogP contribution in [0.3, 0.4) is 0 Å². The van der Waals surface area contributed by atoms with Crippen LogP contribution in [0.2, 0.25) is 0 Å². The number of carbonyl (C=O) groups is 1. The molecular formula is C20H28FN3O. The number of halogens is 1. The Labute approximate surface area is 149 Å². The van der Waals surface area contributed by atoms with Crippen LogP contribution in [0.1, 0.15) is 57.9 Å². The molecule has 1 fully saturated rings. The molecule has 4 nitrogen and oxygen atoms in total. The first-order valence-electron chi connectivity index (χ1n) is 9.29. The van der Waals surface area contributed by atoms with Crippen molar-refractivity contribution in [2.45, 2.75) is 52.4 Å². The Morgan fingerprint density at radius 1 is 1.08 bits per heavy atom. The molecule has 25 heavy (non-hydrogen) atoms. The van der Waals surface area contributed by atoms with Crippen LogP contribution in [0.5, 0.6) is 0 Å². The third-order valence-corrected chi connectivity index (χ3v) is 5.27. The van der Waals surface area contributed by atoms with Crippen molar-refractivity contribution in [3.05, 3.63) is 35.6 Å². The van der Waals surface area contributed by atoms with Gasteiger partial charge in [0.1, 0.15) is 5.82 Å². The van der Waals surface area contributed by atoms with Gasteiger partial charge < -0.3 is 0 Å². The molecule has 5 heteroatoms. The largest absolute Gasteiger partial charge is 0.284 e. The van der Waals surface area contributed by atoms with Crippen molar-refractivity contribution in [3.63, 3.8) is 0 Å². The lowest BCUT2D eigenvalue weighted by Gasteiger charge is -2.34. The molecule has 0 bridgehead atoms. The average molecular weight is 345 g/mol. The van der Waals surface area contributed by atoms with E-state index in [1.807, 2.05) is 0 Å². The van der Waals surface area contributed by atoms with Crippen LogP contribution >= 0.6 is 0 Å². The van der Waals surface area contributed by atoms with Crippen LogP contribution in [0.25, 0.3) is 0 Å². The molecule has 0 radical (unpaired) electrons.